The highest BCUT2D eigenvalue weighted by Gasteiger charge is 2.54. The summed E-state index contributed by atoms with van der Waals surface area (Å²) in [5.74, 6) is 1.21. The number of aromatic nitrogens is 2. The molecule has 2 atom stereocenters. The van der Waals surface area contributed by atoms with Crippen LogP contribution >= 0.6 is 0 Å². The zero-order valence-electron chi connectivity index (χ0n) is 17.1. The third-order valence-corrected chi connectivity index (χ3v) is 5.74. The van der Waals surface area contributed by atoms with Gasteiger partial charge < -0.3 is 19.1 Å². The molecule has 8 heteroatoms. The van der Waals surface area contributed by atoms with Crippen molar-refractivity contribution in [2.75, 3.05) is 45.2 Å². The summed E-state index contributed by atoms with van der Waals surface area (Å²) in [5, 5.41) is 8.07. The molecule has 2 fully saturated rings. The monoisotopic (exact) mass is 377 g/mol. The minimum Gasteiger partial charge on any atom is -0.408 e. The molecule has 27 heavy (non-hydrogen) atoms. The Morgan fingerprint density at radius 2 is 2.04 bits per heavy atom. The number of amides is 2. The average molecular weight is 377 g/mol. The van der Waals surface area contributed by atoms with Crippen molar-refractivity contribution in [2.45, 2.75) is 40.0 Å². The second-order valence-electron chi connectivity index (χ2n) is 8.58. The minimum atomic E-state index is -0.515. The minimum absolute atomic E-state index is 0.0539. The fourth-order valence-electron chi connectivity index (χ4n) is 4.49. The van der Waals surface area contributed by atoms with Crippen molar-refractivity contribution < 1.29 is 14.0 Å². The van der Waals surface area contributed by atoms with Crippen LogP contribution in [0.5, 0.6) is 0 Å². The average Bonchev–Trinajstić information content (AvgIpc) is 3.12. The lowest BCUT2D eigenvalue weighted by Crippen LogP contribution is -2.47. The summed E-state index contributed by atoms with van der Waals surface area (Å²) in [6.07, 6.45) is 2.15. The summed E-state index contributed by atoms with van der Waals surface area (Å²) >= 11 is 0. The highest BCUT2D eigenvalue weighted by molar-refractivity contribution is 5.84. The highest BCUT2D eigenvalue weighted by Crippen LogP contribution is 2.45. The third kappa shape index (κ3) is 3.80. The van der Waals surface area contributed by atoms with Gasteiger partial charge in [0.1, 0.15) is 0 Å². The zero-order valence-corrected chi connectivity index (χ0v) is 17.1. The first-order chi connectivity index (χ1) is 12.7. The highest BCUT2D eigenvalue weighted by atomic mass is 16.4. The molecule has 0 unspecified atom stereocenters. The predicted molar refractivity (Wildman–Crippen MR) is 101 cm³/mol. The maximum Gasteiger partial charge on any atom is 0.318 e. The lowest BCUT2D eigenvalue weighted by molar-refractivity contribution is -0.142. The van der Waals surface area contributed by atoms with Crippen molar-refractivity contribution in [1.29, 1.82) is 0 Å². The maximum absolute atomic E-state index is 13.2. The summed E-state index contributed by atoms with van der Waals surface area (Å²) < 4.78 is 5.62. The van der Waals surface area contributed by atoms with Gasteiger partial charge >= 0.3 is 6.01 Å². The van der Waals surface area contributed by atoms with Gasteiger partial charge in [0.2, 0.25) is 17.7 Å². The van der Waals surface area contributed by atoms with E-state index < -0.39 is 5.41 Å². The number of fused-ring (bicyclic) bond motifs is 1. The van der Waals surface area contributed by atoms with Gasteiger partial charge in [-0.3, -0.25) is 9.59 Å². The molecule has 0 aromatic carbocycles. The van der Waals surface area contributed by atoms with Crippen molar-refractivity contribution >= 4 is 17.8 Å². The Bertz CT molecular complexity index is 701. The number of nitrogens with zero attached hydrogens (tertiary/aromatic N) is 5. The summed E-state index contributed by atoms with van der Waals surface area (Å²) in [4.78, 5) is 31.6. The van der Waals surface area contributed by atoms with Gasteiger partial charge in [-0.15, -0.1) is 5.10 Å². The van der Waals surface area contributed by atoms with E-state index in [-0.39, 0.29) is 17.7 Å². The van der Waals surface area contributed by atoms with E-state index >= 15 is 0 Å². The van der Waals surface area contributed by atoms with E-state index in [0.29, 0.717) is 43.9 Å². The summed E-state index contributed by atoms with van der Waals surface area (Å²) in [6.45, 7) is 8.42. The smallest absolute Gasteiger partial charge is 0.318 e. The molecule has 2 aliphatic rings. The molecular weight excluding hydrogens is 346 g/mol. The molecule has 2 aliphatic heterocycles. The van der Waals surface area contributed by atoms with Gasteiger partial charge in [0, 0.05) is 59.5 Å². The molecule has 0 N–H and O–H groups in total. The van der Waals surface area contributed by atoms with E-state index in [9.17, 15) is 9.59 Å². The van der Waals surface area contributed by atoms with E-state index in [1.165, 1.54) is 0 Å². The molecule has 2 amide bonds. The van der Waals surface area contributed by atoms with Crippen molar-refractivity contribution in [3.63, 3.8) is 0 Å². The van der Waals surface area contributed by atoms with Gasteiger partial charge in [0.15, 0.2) is 0 Å². The predicted octanol–water partition coefficient (Wildman–Crippen LogP) is 1.56. The van der Waals surface area contributed by atoms with Crippen LogP contribution in [0.25, 0.3) is 0 Å². The van der Waals surface area contributed by atoms with Crippen molar-refractivity contribution in [3.8, 4) is 0 Å². The summed E-state index contributed by atoms with van der Waals surface area (Å²) in [5.41, 5.74) is -0.515. The van der Waals surface area contributed by atoms with Crippen LogP contribution in [0.4, 0.5) is 6.01 Å². The maximum atomic E-state index is 13.2. The Morgan fingerprint density at radius 3 is 2.63 bits per heavy atom. The first-order valence-electron chi connectivity index (χ1n) is 9.77. The molecule has 0 aliphatic carbocycles. The van der Waals surface area contributed by atoms with Crippen molar-refractivity contribution in [1.82, 2.24) is 20.0 Å². The van der Waals surface area contributed by atoms with Crippen LogP contribution in [0, 0.1) is 24.2 Å². The number of carbonyl (C=O) groups is 2. The largest absolute Gasteiger partial charge is 0.408 e. The Morgan fingerprint density at radius 1 is 1.30 bits per heavy atom. The molecule has 150 valence electrons. The number of rotatable bonds is 4. The van der Waals surface area contributed by atoms with E-state index in [2.05, 4.69) is 24.0 Å². The second-order valence-corrected chi connectivity index (χ2v) is 8.58. The van der Waals surface area contributed by atoms with Crippen LogP contribution in [0.2, 0.25) is 0 Å². The quantitative estimate of drug-likeness (QED) is 0.792. The molecule has 1 aromatic heterocycles. The first kappa shape index (κ1) is 19.6. The Labute approximate surface area is 160 Å². The van der Waals surface area contributed by atoms with Crippen LogP contribution in [0.3, 0.4) is 0 Å². The third-order valence-electron chi connectivity index (χ3n) is 5.74. The van der Waals surface area contributed by atoms with Crippen LogP contribution in [-0.2, 0) is 9.59 Å². The molecular formula is C19H31N5O3. The van der Waals surface area contributed by atoms with Gasteiger partial charge in [-0.25, -0.2) is 0 Å². The van der Waals surface area contributed by atoms with Crippen molar-refractivity contribution in [2.24, 2.45) is 17.3 Å². The molecule has 3 rings (SSSR count). The molecule has 0 spiro atoms. The molecule has 8 nitrogen and oxygen atoms in total. The molecule has 3 heterocycles. The second kappa shape index (κ2) is 7.48. The number of hydrogen-bond acceptors (Lipinski definition) is 6. The summed E-state index contributed by atoms with van der Waals surface area (Å²) in [7, 11) is 3.61. The number of likely N-dealkylation sites (tertiary alicyclic amines) is 1. The summed E-state index contributed by atoms with van der Waals surface area (Å²) in [6, 6.07) is 0.464. The van der Waals surface area contributed by atoms with Gasteiger partial charge in [-0.2, -0.15) is 0 Å². The topological polar surface area (TPSA) is 82.8 Å². The van der Waals surface area contributed by atoms with Crippen molar-refractivity contribution in [3.05, 3.63) is 5.89 Å². The molecule has 0 bridgehead atoms. The van der Waals surface area contributed by atoms with Crippen LogP contribution in [0.1, 0.15) is 39.0 Å². The SMILES string of the molecule is Cc1nnc(N2C[C@@H]3CN(C(=O)CC(C)C)CCC[C@]3(C(=O)N(C)C)C2)o1. The molecule has 1 aromatic rings. The first-order valence-corrected chi connectivity index (χ1v) is 9.77. The Hall–Kier alpha value is -2.12. The number of aryl methyl sites for hydroxylation is 1. The number of anilines is 1. The van der Waals surface area contributed by atoms with Crippen LogP contribution < -0.4 is 4.90 Å². The van der Waals surface area contributed by atoms with Crippen LogP contribution in [0.15, 0.2) is 4.42 Å². The molecule has 0 radical (unpaired) electrons. The van der Waals surface area contributed by atoms with E-state index in [4.69, 9.17) is 4.42 Å². The fourth-order valence-corrected chi connectivity index (χ4v) is 4.49. The fraction of sp³-hybridized carbons (Fsp3) is 0.789. The lowest BCUT2D eigenvalue weighted by Gasteiger charge is -2.34. The van der Waals surface area contributed by atoms with Gasteiger partial charge in [0.05, 0.1) is 5.41 Å². The van der Waals surface area contributed by atoms with Gasteiger partial charge in [-0.1, -0.05) is 18.9 Å². The van der Waals surface area contributed by atoms with Gasteiger partial charge in [-0.05, 0) is 18.8 Å². The number of carbonyl (C=O) groups excluding carboxylic acids is 2. The lowest BCUT2D eigenvalue weighted by atomic mass is 9.74. The van der Waals surface area contributed by atoms with Crippen LogP contribution in [-0.4, -0.2) is 72.1 Å². The Balaban J connectivity index is 1.88. The van der Waals surface area contributed by atoms with E-state index in [0.717, 1.165) is 19.4 Å². The standard InChI is InChI=1S/C19H31N5O3/c1-13(2)9-16(25)23-8-6-7-19(17(26)22(4)5)12-24(11-15(19)10-23)18-21-20-14(3)27-18/h13,15H,6-12H2,1-5H3/t15-,19-/m0/s1. The molecule has 2 saturated heterocycles. The van der Waals surface area contributed by atoms with E-state index in [1.807, 2.05) is 9.80 Å². The number of hydrogen-bond donors (Lipinski definition) is 0. The van der Waals surface area contributed by atoms with Gasteiger partial charge in [0.25, 0.3) is 0 Å². The molecule has 0 saturated carbocycles. The normalized spacial score (nSPS) is 25.5. The zero-order chi connectivity index (χ0) is 19.8. The Kier molecular flexibility index (Phi) is 5.44. The van der Waals surface area contributed by atoms with E-state index in [1.54, 1.807) is 25.9 Å².